The lowest BCUT2D eigenvalue weighted by atomic mass is 9.89. The zero-order chi connectivity index (χ0) is 13.1. The number of hydrogen-bond acceptors (Lipinski definition) is 3. The summed E-state index contributed by atoms with van der Waals surface area (Å²) in [7, 11) is 0. The zero-order valence-corrected chi connectivity index (χ0v) is 10.6. The lowest BCUT2D eigenvalue weighted by molar-refractivity contribution is 0.0695. The quantitative estimate of drug-likeness (QED) is 0.808. The summed E-state index contributed by atoms with van der Waals surface area (Å²) in [4.78, 5) is 10.9. The van der Waals surface area contributed by atoms with E-state index in [-0.39, 0.29) is 11.7 Å². The highest BCUT2D eigenvalue weighted by Crippen LogP contribution is 2.30. The topological polar surface area (TPSA) is 72.5 Å². The summed E-state index contributed by atoms with van der Waals surface area (Å²) in [5, 5.41) is 8.95. The first-order valence-corrected chi connectivity index (χ1v) is 6.35. The lowest BCUT2D eigenvalue weighted by Crippen LogP contribution is -2.24. The molecule has 0 aliphatic heterocycles. The molecule has 98 valence electrons. The Labute approximate surface area is 107 Å². The third-order valence-electron chi connectivity index (χ3n) is 3.44. The number of hydrogen-bond donors (Lipinski definition) is 2. The molecule has 1 saturated carbocycles. The van der Waals surface area contributed by atoms with Crippen molar-refractivity contribution in [3.8, 4) is 5.75 Å². The van der Waals surface area contributed by atoms with Crippen LogP contribution in [0.2, 0.25) is 0 Å². The first-order chi connectivity index (χ1) is 8.56. The number of anilines is 1. The number of carboxylic acids is 1. The highest BCUT2D eigenvalue weighted by atomic mass is 16.5. The number of aromatic carboxylic acids is 1. The fourth-order valence-corrected chi connectivity index (χ4v) is 2.43. The third-order valence-corrected chi connectivity index (χ3v) is 3.44. The van der Waals surface area contributed by atoms with Crippen LogP contribution in [0.15, 0.2) is 18.2 Å². The second-order valence-electron chi connectivity index (χ2n) is 5.07. The molecule has 1 aromatic rings. The molecule has 2 atom stereocenters. The molecule has 1 aliphatic rings. The number of rotatable bonds is 3. The van der Waals surface area contributed by atoms with Crippen molar-refractivity contribution < 1.29 is 14.6 Å². The molecule has 1 aliphatic carbocycles. The normalized spacial score (nSPS) is 23.6. The smallest absolute Gasteiger partial charge is 0.335 e. The van der Waals surface area contributed by atoms with Crippen LogP contribution in [0, 0.1) is 5.92 Å². The van der Waals surface area contributed by atoms with Crippen LogP contribution in [0.4, 0.5) is 5.69 Å². The third kappa shape index (κ3) is 2.94. The molecule has 0 aromatic heterocycles. The fourth-order valence-electron chi connectivity index (χ4n) is 2.43. The molecular formula is C14H19NO3. The van der Waals surface area contributed by atoms with Crippen LogP contribution in [0.3, 0.4) is 0 Å². The van der Waals surface area contributed by atoms with Crippen LogP contribution in [-0.4, -0.2) is 17.2 Å². The largest absolute Gasteiger partial charge is 0.488 e. The van der Waals surface area contributed by atoms with Crippen LogP contribution >= 0.6 is 0 Å². The first kappa shape index (κ1) is 12.7. The van der Waals surface area contributed by atoms with Gasteiger partial charge >= 0.3 is 5.97 Å². The standard InChI is InChI=1S/C14H19NO3/c1-9-3-2-4-11(7-9)18-13-8-10(14(16)17)5-6-12(13)15/h5-6,8-9,11H,2-4,7,15H2,1H3,(H,16,17). The summed E-state index contributed by atoms with van der Waals surface area (Å²) in [5.74, 6) is 0.193. The van der Waals surface area contributed by atoms with Gasteiger partial charge < -0.3 is 15.6 Å². The van der Waals surface area contributed by atoms with Gasteiger partial charge in [0.05, 0.1) is 17.4 Å². The molecule has 0 heterocycles. The molecule has 2 unspecified atom stereocenters. The van der Waals surface area contributed by atoms with Gasteiger partial charge in [0.15, 0.2) is 0 Å². The van der Waals surface area contributed by atoms with Gasteiger partial charge in [0.2, 0.25) is 0 Å². The second kappa shape index (κ2) is 5.29. The van der Waals surface area contributed by atoms with Crippen molar-refractivity contribution in [2.24, 2.45) is 5.92 Å². The molecule has 4 nitrogen and oxygen atoms in total. The van der Waals surface area contributed by atoms with Crippen LogP contribution < -0.4 is 10.5 Å². The highest BCUT2D eigenvalue weighted by molar-refractivity contribution is 5.89. The maximum Gasteiger partial charge on any atom is 0.335 e. The summed E-state index contributed by atoms with van der Waals surface area (Å²) < 4.78 is 5.86. The molecule has 2 rings (SSSR count). The molecule has 0 radical (unpaired) electrons. The van der Waals surface area contributed by atoms with Crippen molar-refractivity contribution in [1.82, 2.24) is 0 Å². The molecule has 1 aromatic carbocycles. The van der Waals surface area contributed by atoms with Gasteiger partial charge in [-0.2, -0.15) is 0 Å². The van der Waals surface area contributed by atoms with Crippen LogP contribution in [0.25, 0.3) is 0 Å². The van der Waals surface area contributed by atoms with E-state index in [1.165, 1.54) is 18.6 Å². The highest BCUT2D eigenvalue weighted by Gasteiger charge is 2.21. The average Bonchev–Trinajstić information content (AvgIpc) is 2.31. The molecule has 0 bridgehead atoms. The Balaban J connectivity index is 2.12. The molecule has 1 fully saturated rings. The van der Waals surface area contributed by atoms with Crippen molar-refractivity contribution in [1.29, 1.82) is 0 Å². The maximum absolute atomic E-state index is 10.9. The number of benzene rings is 1. The number of carbonyl (C=O) groups is 1. The molecule has 0 amide bonds. The predicted molar refractivity (Wildman–Crippen MR) is 69.9 cm³/mol. The van der Waals surface area contributed by atoms with E-state index in [0.717, 1.165) is 19.3 Å². The summed E-state index contributed by atoms with van der Waals surface area (Å²) in [5.41, 5.74) is 6.53. The van der Waals surface area contributed by atoms with Gasteiger partial charge in [0, 0.05) is 0 Å². The Morgan fingerprint density at radius 1 is 1.44 bits per heavy atom. The molecular weight excluding hydrogens is 230 g/mol. The molecule has 3 N–H and O–H groups in total. The molecule has 0 spiro atoms. The van der Waals surface area contributed by atoms with E-state index >= 15 is 0 Å². The summed E-state index contributed by atoms with van der Waals surface area (Å²) in [6.45, 7) is 2.21. The van der Waals surface area contributed by atoms with Gasteiger partial charge in [0.1, 0.15) is 5.75 Å². The molecule has 0 saturated heterocycles. The minimum atomic E-state index is -0.961. The molecule has 4 heteroatoms. The number of ether oxygens (including phenoxy) is 1. The van der Waals surface area contributed by atoms with Crippen molar-refractivity contribution in [2.75, 3.05) is 5.73 Å². The van der Waals surface area contributed by atoms with E-state index in [2.05, 4.69) is 6.92 Å². The number of nitrogen functional groups attached to an aromatic ring is 1. The van der Waals surface area contributed by atoms with E-state index in [9.17, 15) is 4.79 Å². The number of carboxylic acid groups (broad SMARTS) is 1. The van der Waals surface area contributed by atoms with Gasteiger partial charge in [-0.25, -0.2) is 4.79 Å². The summed E-state index contributed by atoms with van der Waals surface area (Å²) >= 11 is 0. The SMILES string of the molecule is CC1CCCC(Oc2cc(C(=O)O)ccc2N)C1. The Morgan fingerprint density at radius 2 is 2.22 bits per heavy atom. The minimum Gasteiger partial charge on any atom is -0.488 e. The Kier molecular flexibility index (Phi) is 3.75. The van der Waals surface area contributed by atoms with Gasteiger partial charge in [-0.1, -0.05) is 13.3 Å². The van der Waals surface area contributed by atoms with Crippen molar-refractivity contribution in [2.45, 2.75) is 38.7 Å². The summed E-state index contributed by atoms with van der Waals surface area (Å²) in [6, 6.07) is 4.59. The fraction of sp³-hybridized carbons (Fsp3) is 0.500. The van der Waals surface area contributed by atoms with E-state index < -0.39 is 5.97 Å². The van der Waals surface area contributed by atoms with Crippen LogP contribution in [-0.2, 0) is 0 Å². The van der Waals surface area contributed by atoms with Crippen molar-refractivity contribution >= 4 is 11.7 Å². The predicted octanol–water partition coefficient (Wildman–Crippen LogP) is 2.92. The van der Waals surface area contributed by atoms with Crippen molar-refractivity contribution in [3.63, 3.8) is 0 Å². The van der Waals surface area contributed by atoms with Gasteiger partial charge in [-0.15, -0.1) is 0 Å². The monoisotopic (exact) mass is 249 g/mol. The minimum absolute atomic E-state index is 0.153. The van der Waals surface area contributed by atoms with E-state index in [0.29, 0.717) is 17.4 Å². The maximum atomic E-state index is 10.9. The number of nitrogens with two attached hydrogens (primary N) is 1. The lowest BCUT2D eigenvalue weighted by Gasteiger charge is -2.27. The van der Waals surface area contributed by atoms with E-state index in [1.54, 1.807) is 6.07 Å². The second-order valence-corrected chi connectivity index (χ2v) is 5.07. The van der Waals surface area contributed by atoms with E-state index in [1.807, 2.05) is 0 Å². The first-order valence-electron chi connectivity index (χ1n) is 6.35. The molecule has 18 heavy (non-hydrogen) atoms. The zero-order valence-electron chi connectivity index (χ0n) is 10.6. The van der Waals surface area contributed by atoms with Gasteiger partial charge in [-0.05, 0) is 43.4 Å². The van der Waals surface area contributed by atoms with Gasteiger partial charge in [0.25, 0.3) is 0 Å². The van der Waals surface area contributed by atoms with Crippen LogP contribution in [0.1, 0.15) is 43.0 Å². The Morgan fingerprint density at radius 3 is 2.89 bits per heavy atom. The van der Waals surface area contributed by atoms with E-state index in [4.69, 9.17) is 15.6 Å². The van der Waals surface area contributed by atoms with Crippen molar-refractivity contribution in [3.05, 3.63) is 23.8 Å². The summed E-state index contributed by atoms with van der Waals surface area (Å²) in [6.07, 6.45) is 4.58. The van der Waals surface area contributed by atoms with Crippen LogP contribution in [0.5, 0.6) is 5.75 Å². The van der Waals surface area contributed by atoms with Gasteiger partial charge in [-0.3, -0.25) is 0 Å². The Bertz CT molecular complexity index is 445. The Hall–Kier alpha value is -1.71. The average molecular weight is 249 g/mol.